The van der Waals surface area contributed by atoms with Crippen molar-refractivity contribution in [3.8, 4) is 11.5 Å². The summed E-state index contributed by atoms with van der Waals surface area (Å²) >= 11 is 0. The summed E-state index contributed by atoms with van der Waals surface area (Å²) in [6, 6.07) is 5.49. The Labute approximate surface area is 146 Å². The lowest BCUT2D eigenvalue weighted by Crippen LogP contribution is -2.30. The molecule has 0 amide bonds. The number of hydrogen-bond donors (Lipinski definition) is 1. The van der Waals surface area contributed by atoms with Crippen LogP contribution in [0.2, 0.25) is 0 Å². The molecule has 24 heavy (non-hydrogen) atoms. The number of rotatable bonds is 5. The molecule has 2 nitrogen and oxygen atoms in total. The first-order valence-electron chi connectivity index (χ1n) is 8.71. The summed E-state index contributed by atoms with van der Waals surface area (Å²) < 4.78 is 5.32. The van der Waals surface area contributed by atoms with Gasteiger partial charge in [0.25, 0.3) is 0 Å². The number of ether oxygens (including phenoxy) is 1. The second kappa shape index (κ2) is 7.74. The Morgan fingerprint density at radius 2 is 2.12 bits per heavy atom. The van der Waals surface area contributed by atoms with Crippen molar-refractivity contribution >= 4 is 0 Å². The van der Waals surface area contributed by atoms with E-state index in [4.69, 9.17) is 4.74 Å². The van der Waals surface area contributed by atoms with E-state index in [0.717, 1.165) is 30.6 Å². The first-order valence-corrected chi connectivity index (χ1v) is 8.71. The molecule has 0 fully saturated rings. The molecule has 0 saturated heterocycles. The molecule has 1 aromatic rings. The van der Waals surface area contributed by atoms with Gasteiger partial charge in [-0.1, -0.05) is 42.4 Å². The summed E-state index contributed by atoms with van der Waals surface area (Å²) in [5.41, 5.74) is 3.77. The van der Waals surface area contributed by atoms with Crippen LogP contribution in [0.3, 0.4) is 0 Å². The summed E-state index contributed by atoms with van der Waals surface area (Å²) in [5, 5.41) is 10.3. The summed E-state index contributed by atoms with van der Waals surface area (Å²) in [7, 11) is 1.66. The Morgan fingerprint density at radius 3 is 2.79 bits per heavy atom. The van der Waals surface area contributed by atoms with Gasteiger partial charge in [0.1, 0.15) is 11.5 Å². The van der Waals surface area contributed by atoms with Crippen molar-refractivity contribution in [2.24, 2.45) is 11.3 Å². The van der Waals surface area contributed by atoms with Gasteiger partial charge >= 0.3 is 0 Å². The van der Waals surface area contributed by atoms with E-state index in [2.05, 4.69) is 52.0 Å². The van der Waals surface area contributed by atoms with E-state index in [0.29, 0.717) is 11.7 Å². The van der Waals surface area contributed by atoms with E-state index >= 15 is 0 Å². The zero-order valence-electron chi connectivity index (χ0n) is 15.6. The average molecular weight is 326 g/mol. The molecule has 0 heterocycles. The van der Waals surface area contributed by atoms with Crippen LogP contribution in [0.25, 0.3) is 0 Å². The van der Waals surface area contributed by atoms with Crippen LogP contribution >= 0.6 is 0 Å². The predicted molar refractivity (Wildman–Crippen MR) is 102 cm³/mol. The molecule has 2 rings (SSSR count). The first-order chi connectivity index (χ1) is 11.4. The van der Waals surface area contributed by atoms with Crippen LogP contribution in [0.1, 0.15) is 46.1 Å². The fourth-order valence-corrected chi connectivity index (χ4v) is 3.57. The van der Waals surface area contributed by atoms with E-state index < -0.39 is 0 Å². The summed E-state index contributed by atoms with van der Waals surface area (Å²) in [5.74, 6) is 1.53. The van der Waals surface area contributed by atoms with Crippen LogP contribution < -0.4 is 4.74 Å². The highest BCUT2D eigenvalue weighted by molar-refractivity contribution is 5.40. The fraction of sp³-hybridized carbons (Fsp3) is 0.455. The zero-order valence-corrected chi connectivity index (χ0v) is 15.6. The first kappa shape index (κ1) is 18.4. The molecular formula is C22H30O2. The maximum absolute atomic E-state index is 10.3. The minimum atomic E-state index is 0.0975. The third-order valence-corrected chi connectivity index (χ3v) is 5.11. The summed E-state index contributed by atoms with van der Waals surface area (Å²) in [6.45, 7) is 8.78. The smallest absolute Gasteiger partial charge is 0.119 e. The van der Waals surface area contributed by atoms with E-state index in [1.165, 1.54) is 11.1 Å². The van der Waals surface area contributed by atoms with Crippen molar-refractivity contribution < 1.29 is 9.84 Å². The third-order valence-electron chi connectivity index (χ3n) is 5.11. The van der Waals surface area contributed by atoms with Crippen LogP contribution in [0.15, 0.2) is 53.6 Å². The van der Waals surface area contributed by atoms with Crippen molar-refractivity contribution in [3.05, 3.63) is 59.2 Å². The van der Waals surface area contributed by atoms with Crippen LogP contribution in [-0.2, 0) is 6.42 Å². The highest BCUT2D eigenvalue weighted by atomic mass is 16.5. The van der Waals surface area contributed by atoms with E-state index in [-0.39, 0.29) is 5.41 Å². The molecule has 0 aromatic heterocycles. The topological polar surface area (TPSA) is 29.5 Å². The maximum Gasteiger partial charge on any atom is 0.119 e. The van der Waals surface area contributed by atoms with Gasteiger partial charge in [-0.2, -0.15) is 0 Å². The molecule has 1 N–H and O–H groups in total. The molecule has 1 aliphatic rings. The molecule has 130 valence electrons. The molecular weight excluding hydrogens is 296 g/mol. The normalized spacial score (nSPS) is 23.9. The number of phenolic OH excluding ortho intramolecular Hbond substituents is 1. The van der Waals surface area contributed by atoms with Crippen molar-refractivity contribution in [1.29, 1.82) is 0 Å². The minimum absolute atomic E-state index is 0.0975. The minimum Gasteiger partial charge on any atom is -0.508 e. The van der Waals surface area contributed by atoms with Gasteiger partial charge in [-0.3, -0.25) is 0 Å². The molecule has 0 aliphatic heterocycles. The molecule has 0 radical (unpaired) electrons. The van der Waals surface area contributed by atoms with Gasteiger partial charge in [-0.25, -0.2) is 0 Å². The van der Waals surface area contributed by atoms with E-state index in [9.17, 15) is 5.11 Å². The average Bonchev–Trinajstić information content (AvgIpc) is 2.52. The lowest BCUT2D eigenvalue weighted by atomic mass is 9.65. The van der Waals surface area contributed by atoms with Gasteiger partial charge in [-0.05, 0) is 75.1 Å². The standard InChI is InChI=1S/C22H30O2/c1-16(2)8-6-12-22(4)13-7-9-17(3)20(22)15-18-14-19(24-5)10-11-21(18)23/h6,8-12,14,20,23H,7,13,15H2,1-5H3/b12-6+. The number of aromatic hydroxyl groups is 1. The third kappa shape index (κ3) is 4.31. The molecule has 2 unspecified atom stereocenters. The second-order valence-corrected chi connectivity index (χ2v) is 7.35. The highest BCUT2D eigenvalue weighted by Crippen LogP contribution is 2.45. The molecule has 0 bridgehead atoms. The number of hydrogen-bond acceptors (Lipinski definition) is 2. The second-order valence-electron chi connectivity index (χ2n) is 7.35. The number of benzene rings is 1. The molecule has 1 aromatic carbocycles. The van der Waals surface area contributed by atoms with Gasteiger partial charge in [0, 0.05) is 0 Å². The lowest BCUT2D eigenvalue weighted by molar-refractivity contribution is 0.254. The van der Waals surface area contributed by atoms with Crippen molar-refractivity contribution in [2.75, 3.05) is 7.11 Å². The monoisotopic (exact) mass is 326 g/mol. The van der Waals surface area contributed by atoms with Crippen LogP contribution in [0, 0.1) is 11.3 Å². The Bertz CT molecular complexity index is 663. The van der Waals surface area contributed by atoms with E-state index in [1.54, 1.807) is 19.2 Å². The molecule has 0 saturated carbocycles. The Hall–Kier alpha value is -1.96. The van der Waals surface area contributed by atoms with Crippen LogP contribution in [0.4, 0.5) is 0 Å². The predicted octanol–water partition coefficient (Wildman–Crippen LogP) is 5.83. The molecule has 2 heteroatoms. The molecule has 1 aliphatic carbocycles. The Morgan fingerprint density at radius 1 is 1.38 bits per heavy atom. The number of phenols is 1. The van der Waals surface area contributed by atoms with Gasteiger partial charge in [0.15, 0.2) is 0 Å². The van der Waals surface area contributed by atoms with Crippen LogP contribution in [0.5, 0.6) is 11.5 Å². The van der Waals surface area contributed by atoms with Crippen LogP contribution in [-0.4, -0.2) is 12.2 Å². The SMILES string of the molecule is COc1ccc(O)c(CC2C(C)=CCCC2(C)/C=C/C=C(C)C)c1. The summed E-state index contributed by atoms with van der Waals surface area (Å²) in [4.78, 5) is 0. The van der Waals surface area contributed by atoms with Gasteiger partial charge in [-0.15, -0.1) is 0 Å². The largest absolute Gasteiger partial charge is 0.508 e. The Balaban J connectivity index is 2.33. The zero-order chi connectivity index (χ0) is 17.7. The fourth-order valence-electron chi connectivity index (χ4n) is 3.57. The van der Waals surface area contributed by atoms with Crippen molar-refractivity contribution in [2.45, 2.75) is 47.0 Å². The van der Waals surface area contributed by atoms with Gasteiger partial charge in [0.2, 0.25) is 0 Å². The molecule has 0 spiro atoms. The summed E-state index contributed by atoms with van der Waals surface area (Å²) in [6.07, 6.45) is 12.1. The Kier molecular flexibility index (Phi) is 5.93. The number of methoxy groups -OCH3 is 1. The lowest BCUT2D eigenvalue weighted by Gasteiger charge is -2.39. The highest BCUT2D eigenvalue weighted by Gasteiger charge is 2.35. The van der Waals surface area contributed by atoms with Gasteiger partial charge < -0.3 is 9.84 Å². The molecule has 2 atom stereocenters. The van der Waals surface area contributed by atoms with Crippen molar-refractivity contribution in [3.63, 3.8) is 0 Å². The number of allylic oxidation sites excluding steroid dienone is 6. The van der Waals surface area contributed by atoms with Crippen molar-refractivity contribution in [1.82, 2.24) is 0 Å². The maximum atomic E-state index is 10.3. The van der Waals surface area contributed by atoms with E-state index in [1.807, 2.05) is 6.07 Å². The quantitative estimate of drug-likeness (QED) is 0.545. The van der Waals surface area contributed by atoms with Gasteiger partial charge in [0.05, 0.1) is 7.11 Å².